The Labute approximate surface area is 170 Å². The summed E-state index contributed by atoms with van der Waals surface area (Å²) in [7, 11) is 0. The highest BCUT2D eigenvalue weighted by Crippen LogP contribution is 2.38. The van der Waals surface area contributed by atoms with E-state index in [0.717, 1.165) is 39.7 Å². The van der Waals surface area contributed by atoms with Crippen LogP contribution in [0.3, 0.4) is 0 Å². The van der Waals surface area contributed by atoms with Crippen molar-refractivity contribution in [3.8, 4) is 0 Å². The van der Waals surface area contributed by atoms with Gasteiger partial charge >= 0.3 is 0 Å². The van der Waals surface area contributed by atoms with Gasteiger partial charge < -0.3 is 19.6 Å². The molecule has 4 aromatic rings. The normalized spacial score (nSPS) is 18.8. The van der Waals surface area contributed by atoms with Gasteiger partial charge in [0.2, 0.25) is 0 Å². The SMILES string of the molecule is O=C(c1cnc(NC2CC2)s1)N1CCc2[nH]cnc2[C@H]1c1cc2ccccc2o1. The Morgan fingerprint density at radius 1 is 1.28 bits per heavy atom. The Balaban J connectivity index is 1.38. The largest absolute Gasteiger partial charge is 0.458 e. The first kappa shape index (κ1) is 16.8. The topological polar surface area (TPSA) is 87.0 Å². The van der Waals surface area contributed by atoms with E-state index in [1.165, 1.54) is 24.2 Å². The van der Waals surface area contributed by atoms with Gasteiger partial charge in [0.15, 0.2) is 5.13 Å². The first-order valence-corrected chi connectivity index (χ1v) is 10.6. The summed E-state index contributed by atoms with van der Waals surface area (Å²) in [4.78, 5) is 28.1. The third kappa shape index (κ3) is 2.91. The number of carbonyl (C=O) groups is 1. The Bertz CT molecular complexity index is 1170. The van der Waals surface area contributed by atoms with Crippen molar-refractivity contribution in [1.82, 2.24) is 19.9 Å². The molecule has 6 rings (SSSR count). The van der Waals surface area contributed by atoms with Crippen molar-refractivity contribution in [2.24, 2.45) is 0 Å². The molecule has 0 unspecified atom stereocenters. The molecule has 0 spiro atoms. The van der Waals surface area contributed by atoms with Gasteiger partial charge in [0, 0.05) is 30.1 Å². The van der Waals surface area contributed by atoms with Crippen LogP contribution >= 0.6 is 11.3 Å². The number of anilines is 1. The smallest absolute Gasteiger partial charge is 0.266 e. The number of para-hydroxylation sites is 1. The molecule has 4 heterocycles. The van der Waals surface area contributed by atoms with Gasteiger partial charge in [0.1, 0.15) is 22.3 Å². The summed E-state index contributed by atoms with van der Waals surface area (Å²) in [5, 5.41) is 5.20. The fourth-order valence-electron chi connectivity index (χ4n) is 3.90. The summed E-state index contributed by atoms with van der Waals surface area (Å²) in [6.45, 7) is 0.596. The van der Waals surface area contributed by atoms with Crippen molar-refractivity contribution in [1.29, 1.82) is 0 Å². The van der Waals surface area contributed by atoms with E-state index in [-0.39, 0.29) is 11.9 Å². The average Bonchev–Trinajstić information content (AvgIpc) is 3.15. The molecule has 29 heavy (non-hydrogen) atoms. The molecule has 1 fully saturated rings. The Kier molecular flexibility index (Phi) is 3.73. The van der Waals surface area contributed by atoms with Gasteiger partial charge in [-0.25, -0.2) is 9.97 Å². The molecule has 0 radical (unpaired) electrons. The lowest BCUT2D eigenvalue weighted by Gasteiger charge is -2.33. The molecule has 2 N–H and O–H groups in total. The van der Waals surface area contributed by atoms with Crippen molar-refractivity contribution in [2.45, 2.75) is 31.3 Å². The highest BCUT2D eigenvalue weighted by Gasteiger charge is 2.37. The highest BCUT2D eigenvalue weighted by atomic mass is 32.1. The summed E-state index contributed by atoms with van der Waals surface area (Å²) in [5.74, 6) is 0.693. The monoisotopic (exact) mass is 405 g/mol. The molecule has 1 aliphatic carbocycles. The average molecular weight is 405 g/mol. The lowest BCUT2D eigenvalue weighted by atomic mass is 10.00. The zero-order valence-corrected chi connectivity index (χ0v) is 16.4. The van der Waals surface area contributed by atoms with Crippen LogP contribution in [0.5, 0.6) is 0 Å². The number of H-pyrrole nitrogens is 1. The number of nitrogens with zero attached hydrogens (tertiary/aromatic N) is 3. The van der Waals surface area contributed by atoms with Crippen LogP contribution in [-0.4, -0.2) is 38.3 Å². The van der Waals surface area contributed by atoms with Gasteiger partial charge in [-0.15, -0.1) is 0 Å². The van der Waals surface area contributed by atoms with Crippen LogP contribution in [0.15, 0.2) is 47.3 Å². The molecular weight excluding hydrogens is 386 g/mol. The van der Waals surface area contributed by atoms with Gasteiger partial charge in [0.25, 0.3) is 5.91 Å². The van der Waals surface area contributed by atoms with Crippen LogP contribution in [-0.2, 0) is 6.42 Å². The molecule has 1 amide bonds. The van der Waals surface area contributed by atoms with Crippen molar-refractivity contribution >= 4 is 33.3 Å². The maximum absolute atomic E-state index is 13.4. The van der Waals surface area contributed by atoms with Crippen LogP contribution in [0, 0.1) is 0 Å². The number of imidazole rings is 1. The number of furan rings is 1. The first-order valence-electron chi connectivity index (χ1n) is 9.80. The lowest BCUT2D eigenvalue weighted by Crippen LogP contribution is -2.40. The predicted molar refractivity (Wildman–Crippen MR) is 110 cm³/mol. The van der Waals surface area contributed by atoms with E-state index in [9.17, 15) is 4.79 Å². The second-order valence-electron chi connectivity index (χ2n) is 7.55. The number of aromatic amines is 1. The minimum atomic E-state index is -0.355. The minimum Gasteiger partial charge on any atom is -0.458 e. The number of nitrogens with one attached hydrogen (secondary N) is 2. The third-order valence-electron chi connectivity index (χ3n) is 5.52. The molecule has 1 aliphatic heterocycles. The Morgan fingerprint density at radius 2 is 2.17 bits per heavy atom. The fourth-order valence-corrected chi connectivity index (χ4v) is 4.75. The number of rotatable bonds is 4. The zero-order valence-electron chi connectivity index (χ0n) is 15.6. The van der Waals surface area contributed by atoms with Gasteiger partial charge in [-0.2, -0.15) is 0 Å². The summed E-state index contributed by atoms with van der Waals surface area (Å²) in [6, 6.07) is 10.1. The van der Waals surface area contributed by atoms with Crippen molar-refractivity contribution in [3.63, 3.8) is 0 Å². The molecular formula is C21H19N5O2S. The van der Waals surface area contributed by atoms with Gasteiger partial charge in [-0.3, -0.25) is 4.79 Å². The number of hydrogen-bond donors (Lipinski definition) is 2. The fraction of sp³-hybridized carbons (Fsp3) is 0.286. The van der Waals surface area contributed by atoms with E-state index in [2.05, 4.69) is 20.3 Å². The second kappa shape index (κ2) is 6.45. The van der Waals surface area contributed by atoms with Crippen LogP contribution in [0.4, 0.5) is 5.13 Å². The molecule has 1 atom stereocenters. The number of thiazole rings is 1. The molecule has 3 aromatic heterocycles. The van der Waals surface area contributed by atoms with Crippen molar-refractivity contribution < 1.29 is 9.21 Å². The van der Waals surface area contributed by atoms with Gasteiger partial charge in [-0.1, -0.05) is 29.5 Å². The van der Waals surface area contributed by atoms with Crippen molar-refractivity contribution in [3.05, 3.63) is 64.9 Å². The molecule has 1 aromatic carbocycles. The summed E-state index contributed by atoms with van der Waals surface area (Å²) in [6.07, 6.45) is 6.45. The van der Waals surface area contributed by atoms with E-state index >= 15 is 0 Å². The van der Waals surface area contributed by atoms with E-state index < -0.39 is 0 Å². The molecule has 0 bridgehead atoms. The molecule has 2 aliphatic rings. The number of carbonyl (C=O) groups excluding carboxylic acids is 1. The standard InChI is InChI=1S/C21H19N5O2S/c27-20(17-10-22-21(29-17)25-13-5-6-13)26-8-7-14-18(24-11-23-14)19(26)16-9-12-3-1-2-4-15(12)28-16/h1-4,9-11,13,19H,5-8H2,(H,22,25)(H,23,24)/t19-/m1/s1. The number of hydrogen-bond acceptors (Lipinski definition) is 6. The van der Waals surface area contributed by atoms with Crippen LogP contribution in [0.2, 0.25) is 0 Å². The first-order chi connectivity index (χ1) is 14.3. The quantitative estimate of drug-likeness (QED) is 0.536. The summed E-state index contributed by atoms with van der Waals surface area (Å²) in [5.41, 5.74) is 2.72. The lowest BCUT2D eigenvalue weighted by molar-refractivity contribution is 0.0677. The third-order valence-corrected chi connectivity index (χ3v) is 6.44. The Morgan fingerprint density at radius 3 is 3.03 bits per heavy atom. The van der Waals surface area contributed by atoms with E-state index in [4.69, 9.17) is 4.42 Å². The maximum Gasteiger partial charge on any atom is 0.266 e. The van der Waals surface area contributed by atoms with Crippen LogP contribution < -0.4 is 5.32 Å². The zero-order chi connectivity index (χ0) is 19.4. The number of fused-ring (bicyclic) bond motifs is 2. The molecule has 7 nitrogen and oxygen atoms in total. The maximum atomic E-state index is 13.4. The Hall–Kier alpha value is -3.13. The van der Waals surface area contributed by atoms with Crippen molar-refractivity contribution in [2.75, 3.05) is 11.9 Å². The molecule has 8 heteroatoms. The van der Waals surface area contributed by atoms with E-state index in [1.54, 1.807) is 12.5 Å². The minimum absolute atomic E-state index is 0.0366. The second-order valence-corrected chi connectivity index (χ2v) is 8.58. The number of aromatic nitrogens is 3. The summed E-state index contributed by atoms with van der Waals surface area (Å²) < 4.78 is 6.14. The highest BCUT2D eigenvalue weighted by molar-refractivity contribution is 7.17. The predicted octanol–water partition coefficient (Wildman–Crippen LogP) is 3.97. The number of amides is 1. The molecule has 146 valence electrons. The van der Waals surface area contributed by atoms with Crippen LogP contribution in [0.25, 0.3) is 11.0 Å². The summed E-state index contributed by atoms with van der Waals surface area (Å²) >= 11 is 1.42. The molecule has 1 saturated carbocycles. The molecule has 0 saturated heterocycles. The van der Waals surface area contributed by atoms with E-state index in [0.29, 0.717) is 17.5 Å². The van der Waals surface area contributed by atoms with E-state index in [1.807, 2.05) is 35.2 Å². The van der Waals surface area contributed by atoms with Gasteiger partial charge in [0.05, 0.1) is 18.2 Å². The number of benzene rings is 1. The van der Waals surface area contributed by atoms with Gasteiger partial charge in [-0.05, 0) is 25.0 Å². The van der Waals surface area contributed by atoms with Crippen LogP contribution in [0.1, 0.15) is 45.7 Å².